The Morgan fingerprint density at radius 2 is 1.92 bits per heavy atom. The van der Waals surface area contributed by atoms with Gasteiger partial charge in [0.25, 0.3) is 0 Å². The predicted octanol–water partition coefficient (Wildman–Crippen LogP) is 3.11. The van der Waals surface area contributed by atoms with E-state index < -0.39 is 5.60 Å². The third-order valence-electron chi connectivity index (χ3n) is 4.98. The first-order valence-electron chi connectivity index (χ1n) is 9.30. The molecule has 0 aliphatic carbocycles. The molecular weight excluding hydrogens is 320 g/mol. The molecule has 6 heteroatoms. The predicted molar refractivity (Wildman–Crippen MR) is 97.5 cm³/mol. The maximum Gasteiger partial charge on any atom is 0.412 e. The SMILES string of the molecule is COCC1CN(C(C)(C)C)CC2(CCN(C(=O)OC(C)(C)C)CO2)C1. The zero-order chi connectivity index (χ0) is 18.9. The van der Waals surface area contributed by atoms with E-state index in [2.05, 4.69) is 25.7 Å². The van der Waals surface area contributed by atoms with E-state index in [9.17, 15) is 4.79 Å². The van der Waals surface area contributed by atoms with Crippen molar-refractivity contribution in [2.75, 3.05) is 40.1 Å². The minimum Gasteiger partial charge on any atom is -0.444 e. The van der Waals surface area contributed by atoms with Gasteiger partial charge in [0.2, 0.25) is 0 Å². The lowest BCUT2D eigenvalue weighted by Gasteiger charge is -2.52. The van der Waals surface area contributed by atoms with Crippen molar-refractivity contribution in [3.05, 3.63) is 0 Å². The highest BCUT2D eigenvalue weighted by atomic mass is 16.6. The van der Waals surface area contributed by atoms with Crippen LogP contribution in [0.25, 0.3) is 0 Å². The van der Waals surface area contributed by atoms with Crippen LogP contribution in [0, 0.1) is 5.92 Å². The lowest BCUT2D eigenvalue weighted by Crippen LogP contribution is -2.62. The number of carbonyl (C=O) groups excluding carboxylic acids is 1. The van der Waals surface area contributed by atoms with Crippen molar-refractivity contribution in [2.24, 2.45) is 5.92 Å². The molecule has 0 aromatic carbocycles. The van der Waals surface area contributed by atoms with Crippen LogP contribution in [0.1, 0.15) is 54.4 Å². The summed E-state index contributed by atoms with van der Waals surface area (Å²) in [4.78, 5) is 16.4. The standard InChI is InChI=1S/C19H36N2O4/c1-17(2,3)21-11-15(12-23-7)10-19(13-21)8-9-20(14-24-19)16(22)25-18(4,5)6/h15H,8-14H2,1-7H3. The average molecular weight is 357 g/mol. The Hall–Kier alpha value is -0.850. The van der Waals surface area contributed by atoms with Crippen LogP contribution in [-0.4, -0.2) is 72.7 Å². The summed E-state index contributed by atoms with van der Waals surface area (Å²) in [7, 11) is 1.76. The van der Waals surface area contributed by atoms with E-state index in [0.29, 0.717) is 19.2 Å². The van der Waals surface area contributed by atoms with E-state index in [0.717, 1.165) is 32.5 Å². The van der Waals surface area contributed by atoms with Crippen molar-refractivity contribution in [1.29, 1.82) is 0 Å². The number of methoxy groups -OCH3 is 1. The number of ether oxygens (including phenoxy) is 3. The summed E-state index contributed by atoms with van der Waals surface area (Å²) in [6, 6.07) is 0. The lowest BCUT2D eigenvalue weighted by molar-refractivity contribution is -0.180. The minimum atomic E-state index is -0.482. The number of piperidine rings is 1. The van der Waals surface area contributed by atoms with E-state index in [1.54, 1.807) is 12.0 Å². The molecular formula is C19H36N2O4. The van der Waals surface area contributed by atoms with Crippen LogP contribution in [-0.2, 0) is 14.2 Å². The molecule has 1 amide bonds. The summed E-state index contributed by atoms with van der Waals surface area (Å²) in [5.74, 6) is 0.450. The molecule has 0 N–H and O–H groups in total. The van der Waals surface area contributed by atoms with Gasteiger partial charge < -0.3 is 14.2 Å². The van der Waals surface area contributed by atoms with Gasteiger partial charge in [-0.05, 0) is 60.3 Å². The molecule has 2 fully saturated rings. The molecule has 25 heavy (non-hydrogen) atoms. The summed E-state index contributed by atoms with van der Waals surface area (Å²) >= 11 is 0. The van der Waals surface area contributed by atoms with Gasteiger partial charge in [0.15, 0.2) is 0 Å². The molecule has 6 nitrogen and oxygen atoms in total. The lowest BCUT2D eigenvalue weighted by atomic mass is 9.80. The minimum absolute atomic E-state index is 0.0884. The monoisotopic (exact) mass is 356 g/mol. The Kier molecular flexibility index (Phi) is 6.07. The maximum atomic E-state index is 12.3. The highest BCUT2D eigenvalue weighted by molar-refractivity contribution is 5.68. The normalized spacial score (nSPS) is 29.1. The van der Waals surface area contributed by atoms with Crippen LogP contribution in [0.5, 0.6) is 0 Å². The van der Waals surface area contributed by atoms with Crippen molar-refractivity contribution in [3.8, 4) is 0 Å². The van der Waals surface area contributed by atoms with E-state index in [1.165, 1.54) is 0 Å². The second-order valence-corrected chi connectivity index (χ2v) is 9.53. The van der Waals surface area contributed by atoms with Gasteiger partial charge in [-0.25, -0.2) is 4.79 Å². The highest BCUT2D eigenvalue weighted by Gasteiger charge is 2.46. The fraction of sp³-hybridized carbons (Fsp3) is 0.947. The summed E-state index contributed by atoms with van der Waals surface area (Å²) in [5.41, 5.74) is -0.595. The Balaban J connectivity index is 2.02. The molecule has 2 aliphatic rings. The van der Waals surface area contributed by atoms with Crippen molar-refractivity contribution in [3.63, 3.8) is 0 Å². The third kappa shape index (κ3) is 5.56. The summed E-state index contributed by atoms with van der Waals surface area (Å²) < 4.78 is 17.2. The number of hydrogen-bond donors (Lipinski definition) is 0. The van der Waals surface area contributed by atoms with Crippen LogP contribution in [0.4, 0.5) is 4.79 Å². The average Bonchev–Trinajstić information content (AvgIpc) is 2.45. The molecule has 2 atom stereocenters. The molecule has 1 spiro atoms. The fourth-order valence-corrected chi connectivity index (χ4v) is 3.68. The van der Waals surface area contributed by atoms with Gasteiger partial charge in [-0.15, -0.1) is 0 Å². The molecule has 0 saturated carbocycles. The summed E-state index contributed by atoms with van der Waals surface area (Å²) in [6.07, 6.45) is 1.52. The van der Waals surface area contributed by atoms with Crippen molar-refractivity contribution in [2.45, 2.75) is 71.1 Å². The van der Waals surface area contributed by atoms with E-state index in [1.807, 2.05) is 20.8 Å². The second kappa shape index (κ2) is 7.41. The Bertz CT molecular complexity index is 459. The second-order valence-electron chi connectivity index (χ2n) is 9.53. The number of hydrogen-bond acceptors (Lipinski definition) is 5. The summed E-state index contributed by atoms with van der Waals surface area (Å²) in [6.45, 7) is 16.0. The van der Waals surface area contributed by atoms with Gasteiger partial charge in [0.05, 0.1) is 12.2 Å². The van der Waals surface area contributed by atoms with Crippen molar-refractivity contribution in [1.82, 2.24) is 9.80 Å². The van der Waals surface area contributed by atoms with Crippen LogP contribution < -0.4 is 0 Å². The number of rotatable bonds is 2. The van der Waals surface area contributed by atoms with Gasteiger partial charge in [0.1, 0.15) is 12.3 Å². The molecule has 2 aliphatic heterocycles. The molecule has 2 saturated heterocycles. The number of amides is 1. The van der Waals surface area contributed by atoms with E-state index in [-0.39, 0.29) is 17.2 Å². The largest absolute Gasteiger partial charge is 0.444 e. The van der Waals surface area contributed by atoms with Crippen LogP contribution in [0.15, 0.2) is 0 Å². The van der Waals surface area contributed by atoms with Crippen LogP contribution >= 0.6 is 0 Å². The van der Waals surface area contributed by atoms with Gasteiger partial charge in [-0.3, -0.25) is 9.80 Å². The zero-order valence-corrected chi connectivity index (χ0v) is 17.1. The number of carbonyl (C=O) groups is 1. The van der Waals surface area contributed by atoms with Gasteiger partial charge >= 0.3 is 6.09 Å². The van der Waals surface area contributed by atoms with Gasteiger partial charge in [-0.1, -0.05) is 0 Å². The molecule has 2 rings (SSSR count). The van der Waals surface area contributed by atoms with E-state index >= 15 is 0 Å². The van der Waals surface area contributed by atoms with Crippen LogP contribution in [0.2, 0.25) is 0 Å². The highest BCUT2D eigenvalue weighted by Crippen LogP contribution is 2.37. The van der Waals surface area contributed by atoms with E-state index in [4.69, 9.17) is 14.2 Å². The molecule has 2 unspecified atom stereocenters. The smallest absolute Gasteiger partial charge is 0.412 e. The van der Waals surface area contributed by atoms with Crippen LogP contribution in [0.3, 0.4) is 0 Å². The van der Waals surface area contributed by atoms with Gasteiger partial charge in [-0.2, -0.15) is 0 Å². The first kappa shape index (κ1) is 20.5. The molecule has 0 radical (unpaired) electrons. The Morgan fingerprint density at radius 1 is 1.24 bits per heavy atom. The third-order valence-corrected chi connectivity index (χ3v) is 4.98. The van der Waals surface area contributed by atoms with Gasteiger partial charge in [0, 0.05) is 32.3 Å². The number of nitrogens with zero attached hydrogens (tertiary/aromatic N) is 2. The molecule has 0 aromatic heterocycles. The molecule has 146 valence electrons. The fourth-order valence-electron chi connectivity index (χ4n) is 3.68. The molecule has 2 heterocycles. The summed E-state index contributed by atoms with van der Waals surface area (Å²) in [5, 5.41) is 0. The first-order valence-corrected chi connectivity index (χ1v) is 9.30. The first-order chi connectivity index (χ1) is 11.4. The van der Waals surface area contributed by atoms with Crippen molar-refractivity contribution < 1.29 is 19.0 Å². The Labute approximate surface area is 152 Å². The topological polar surface area (TPSA) is 51.2 Å². The Morgan fingerprint density at radius 3 is 2.40 bits per heavy atom. The quantitative estimate of drug-likeness (QED) is 0.761. The maximum absolute atomic E-state index is 12.3. The van der Waals surface area contributed by atoms with Crippen molar-refractivity contribution >= 4 is 6.09 Å². The number of likely N-dealkylation sites (tertiary alicyclic amines) is 1. The molecule has 0 aromatic rings. The molecule has 0 bridgehead atoms. The zero-order valence-electron chi connectivity index (χ0n) is 17.1.